The predicted molar refractivity (Wildman–Crippen MR) is 24.9 cm³/mol. The zero-order chi connectivity index (χ0) is 5.11. The molecule has 0 aromatic rings. The molecule has 3 nitrogen and oxygen atoms in total. The number of azo groups is 1. The van der Waals surface area contributed by atoms with Gasteiger partial charge in [0.05, 0.1) is 6.61 Å². The highest BCUT2D eigenvalue weighted by Crippen LogP contribution is 2.00. The molecule has 1 atom stereocenters. The molecule has 0 aliphatic carbocycles. The first kappa shape index (κ1) is 4.46. The molecule has 0 bridgehead atoms. The van der Waals surface area contributed by atoms with Crippen molar-refractivity contribution in [2.75, 3.05) is 6.61 Å². The van der Waals surface area contributed by atoms with Crippen LogP contribution in [0.1, 0.15) is 0 Å². The van der Waals surface area contributed by atoms with Crippen LogP contribution in [0.4, 0.5) is 0 Å². The Morgan fingerprint density at radius 1 is 1.71 bits per heavy atom. The quantitative estimate of drug-likeness (QED) is 0.504. The largest absolute Gasteiger partial charge is 0.394 e. The molecule has 1 aliphatic rings. The Bertz CT molecular complexity index is 96.3. The van der Waals surface area contributed by atoms with Gasteiger partial charge in [-0.15, -0.1) is 0 Å². The number of hydrogen-bond acceptors (Lipinski definition) is 3. The number of aliphatic hydroxyl groups is 1. The first-order valence-electron chi connectivity index (χ1n) is 2.11. The summed E-state index contributed by atoms with van der Waals surface area (Å²) in [6, 6.07) is -0.0694. The van der Waals surface area contributed by atoms with Crippen LogP contribution in [0.5, 0.6) is 0 Å². The lowest BCUT2D eigenvalue weighted by molar-refractivity contribution is 0.284. The van der Waals surface area contributed by atoms with Gasteiger partial charge >= 0.3 is 0 Å². The summed E-state index contributed by atoms with van der Waals surface area (Å²) in [5, 5.41) is 15.5. The number of rotatable bonds is 1. The van der Waals surface area contributed by atoms with Crippen molar-refractivity contribution in [1.82, 2.24) is 0 Å². The van der Waals surface area contributed by atoms with Crippen molar-refractivity contribution in [3.63, 3.8) is 0 Å². The van der Waals surface area contributed by atoms with Crippen LogP contribution in [-0.2, 0) is 0 Å². The van der Waals surface area contributed by atoms with E-state index in [4.69, 9.17) is 5.11 Å². The Morgan fingerprint density at radius 2 is 2.57 bits per heavy atom. The summed E-state index contributed by atoms with van der Waals surface area (Å²) in [4.78, 5) is 0. The molecule has 1 aliphatic heterocycles. The molecule has 0 saturated carbocycles. The third-order valence-corrected chi connectivity index (χ3v) is 0.777. The van der Waals surface area contributed by atoms with Crippen molar-refractivity contribution >= 4 is 0 Å². The van der Waals surface area contributed by atoms with Crippen LogP contribution in [0.25, 0.3) is 0 Å². The van der Waals surface area contributed by atoms with Gasteiger partial charge in [-0.3, -0.25) is 0 Å². The molecule has 7 heavy (non-hydrogen) atoms. The van der Waals surface area contributed by atoms with Crippen LogP contribution < -0.4 is 0 Å². The van der Waals surface area contributed by atoms with Gasteiger partial charge < -0.3 is 5.11 Å². The van der Waals surface area contributed by atoms with Crippen molar-refractivity contribution in [2.24, 2.45) is 10.2 Å². The molecular formula is C4H6N2O. The molecule has 1 N–H and O–H groups in total. The highest BCUT2D eigenvalue weighted by Gasteiger charge is 2.00. The highest BCUT2D eigenvalue weighted by molar-refractivity contribution is 4.95. The van der Waals surface area contributed by atoms with Crippen LogP contribution in [0.3, 0.4) is 0 Å². The van der Waals surface area contributed by atoms with Crippen LogP contribution in [-0.4, -0.2) is 17.8 Å². The molecule has 0 aromatic heterocycles. The van der Waals surface area contributed by atoms with Gasteiger partial charge in [0.2, 0.25) is 0 Å². The molecule has 1 rings (SSSR count). The van der Waals surface area contributed by atoms with Crippen LogP contribution in [0.2, 0.25) is 0 Å². The number of nitrogens with zero attached hydrogens (tertiary/aromatic N) is 2. The van der Waals surface area contributed by atoms with Gasteiger partial charge in [0.1, 0.15) is 6.04 Å². The lowest BCUT2D eigenvalue weighted by atomic mass is 10.3. The summed E-state index contributed by atoms with van der Waals surface area (Å²) in [7, 11) is 0. The zero-order valence-corrected chi connectivity index (χ0v) is 3.78. The number of hydrogen-bond donors (Lipinski definition) is 1. The Balaban J connectivity index is 2.44. The van der Waals surface area contributed by atoms with Gasteiger partial charge in [-0.1, -0.05) is 0 Å². The second-order valence-electron chi connectivity index (χ2n) is 1.32. The monoisotopic (exact) mass is 98.0 g/mol. The van der Waals surface area contributed by atoms with Gasteiger partial charge in [-0.05, 0) is 6.08 Å². The maximum absolute atomic E-state index is 8.36. The fourth-order valence-electron chi connectivity index (χ4n) is 0.398. The number of aliphatic hydroxyl groups excluding tert-OH is 1. The minimum atomic E-state index is -0.0694. The smallest absolute Gasteiger partial charge is 0.114 e. The van der Waals surface area contributed by atoms with Gasteiger partial charge in [-0.2, -0.15) is 10.2 Å². The summed E-state index contributed by atoms with van der Waals surface area (Å²) >= 11 is 0. The summed E-state index contributed by atoms with van der Waals surface area (Å²) in [6.07, 6.45) is 3.33. The molecule has 3 heteroatoms. The Morgan fingerprint density at radius 3 is 2.86 bits per heavy atom. The Labute approximate surface area is 41.4 Å². The van der Waals surface area contributed by atoms with E-state index < -0.39 is 0 Å². The maximum Gasteiger partial charge on any atom is 0.114 e. The minimum Gasteiger partial charge on any atom is -0.394 e. The molecule has 0 fully saturated rings. The Hall–Kier alpha value is -0.700. The van der Waals surface area contributed by atoms with Crippen molar-refractivity contribution in [2.45, 2.75) is 6.04 Å². The van der Waals surface area contributed by atoms with Gasteiger partial charge in [0, 0.05) is 6.20 Å². The van der Waals surface area contributed by atoms with Gasteiger partial charge in [0.15, 0.2) is 0 Å². The average molecular weight is 98.1 g/mol. The van der Waals surface area contributed by atoms with E-state index in [2.05, 4.69) is 10.2 Å². The van der Waals surface area contributed by atoms with E-state index in [0.717, 1.165) is 0 Å². The molecule has 0 spiro atoms. The lowest BCUT2D eigenvalue weighted by Gasteiger charge is -1.90. The van der Waals surface area contributed by atoms with E-state index in [1.54, 1.807) is 12.3 Å². The van der Waals surface area contributed by atoms with Crippen molar-refractivity contribution < 1.29 is 5.11 Å². The second-order valence-corrected chi connectivity index (χ2v) is 1.32. The normalized spacial score (nSPS) is 26.7. The van der Waals surface area contributed by atoms with Crippen LogP contribution in [0.15, 0.2) is 22.5 Å². The molecule has 38 valence electrons. The highest BCUT2D eigenvalue weighted by atomic mass is 16.3. The van der Waals surface area contributed by atoms with Crippen molar-refractivity contribution in [3.05, 3.63) is 12.3 Å². The van der Waals surface area contributed by atoms with E-state index >= 15 is 0 Å². The van der Waals surface area contributed by atoms with E-state index in [1.807, 2.05) is 0 Å². The topological polar surface area (TPSA) is 45.0 Å². The Kier molecular flexibility index (Phi) is 1.17. The summed E-state index contributed by atoms with van der Waals surface area (Å²) in [5.74, 6) is 0. The van der Waals surface area contributed by atoms with Crippen LogP contribution >= 0.6 is 0 Å². The van der Waals surface area contributed by atoms with E-state index in [-0.39, 0.29) is 12.6 Å². The fourth-order valence-corrected chi connectivity index (χ4v) is 0.398. The van der Waals surface area contributed by atoms with Gasteiger partial charge in [0.25, 0.3) is 0 Å². The van der Waals surface area contributed by atoms with Gasteiger partial charge in [-0.25, -0.2) is 0 Å². The fraction of sp³-hybridized carbons (Fsp3) is 0.500. The summed E-state index contributed by atoms with van der Waals surface area (Å²) < 4.78 is 0. The third kappa shape index (κ3) is 0.838. The average Bonchev–Trinajstić information content (AvgIpc) is 2.14. The molecular weight excluding hydrogens is 92.1 g/mol. The first-order chi connectivity index (χ1) is 3.43. The van der Waals surface area contributed by atoms with E-state index in [0.29, 0.717) is 0 Å². The zero-order valence-electron chi connectivity index (χ0n) is 3.78. The van der Waals surface area contributed by atoms with E-state index in [1.165, 1.54) is 0 Å². The lowest BCUT2D eigenvalue weighted by Crippen LogP contribution is -2.01. The maximum atomic E-state index is 8.36. The minimum absolute atomic E-state index is 0.0694. The molecule has 0 amide bonds. The van der Waals surface area contributed by atoms with Crippen molar-refractivity contribution in [1.29, 1.82) is 0 Å². The molecule has 0 saturated heterocycles. The second kappa shape index (κ2) is 1.84. The molecule has 0 radical (unpaired) electrons. The summed E-state index contributed by atoms with van der Waals surface area (Å²) in [5.41, 5.74) is 0. The first-order valence-corrected chi connectivity index (χ1v) is 2.11. The molecule has 1 heterocycles. The molecule has 1 unspecified atom stereocenters. The SMILES string of the molecule is OCC1C=CN=N1. The van der Waals surface area contributed by atoms with Crippen molar-refractivity contribution in [3.8, 4) is 0 Å². The third-order valence-electron chi connectivity index (χ3n) is 0.777. The van der Waals surface area contributed by atoms with E-state index in [9.17, 15) is 0 Å². The van der Waals surface area contributed by atoms with Crippen LogP contribution in [0, 0.1) is 0 Å². The predicted octanol–water partition coefficient (Wildman–Crippen LogP) is 0.327. The summed E-state index contributed by atoms with van der Waals surface area (Å²) in [6.45, 7) is 0.0694. The molecule has 0 aromatic carbocycles. The standard InChI is InChI=1S/C4H6N2O/c7-3-4-1-2-5-6-4/h1-2,4,7H,3H2.